The molecule has 5 heteroatoms. The number of unbranched alkanes of at least 4 members (excludes halogenated alkanes) is 1. The van der Waals surface area contributed by atoms with Gasteiger partial charge < -0.3 is 15.3 Å². The molecule has 2 N–H and O–H groups in total. The van der Waals surface area contributed by atoms with Crippen LogP contribution in [0.15, 0.2) is 24.3 Å². The van der Waals surface area contributed by atoms with Crippen LogP contribution in [0.2, 0.25) is 0 Å². The van der Waals surface area contributed by atoms with Crippen LogP contribution in [0.25, 0.3) is 0 Å². The van der Waals surface area contributed by atoms with E-state index in [-0.39, 0.29) is 24.3 Å². The first kappa shape index (κ1) is 17.5. The van der Waals surface area contributed by atoms with Crippen molar-refractivity contribution in [2.75, 3.05) is 25.0 Å². The second kappa shape index (κ2) is 8.11. The van der Waals surface area contributed by atoms with Crippen molar-refractivity contribution in [3.63, 3.8) is 0 Å². The Kier molecular flexibility index (Phi) is 6.16. The molecule has 1 aromatic rings. The summed E-state index contributed by atoms with van der Waals surface area (Å²) < 4.78 is 0. The molecule has 0 bridgehead atoms. The highest BCUT2D eigenvalue weighted by Crippen LogP contribution is 2.38. The smallest absolute Gasteiger partial charge is 0.254 e. The molecule has 0 saturated heterocycles. The van der Waals surface area contributed by atoms with E-state index in [9.17, 15) is 9.59 Å². The van der Waals surface area contributed by atoms with E-state index in [4.69, 9.17) is 5.11 Å². The van der Waals surface area contributed by atoms with E-state index < -0.39 is 0 Å². The molecule has 2 unspecified atom stereocenters. The number of carbonyl (C=O) groups is 2. The minimum atomic E-state index is -0.108. The summed E-state index contributed by atoms with van der Waals surface area (Å²) in [6.45, 7) is 5.04. The third kappa shape index (κ3) is 4.79. The van der Waals surface area contributed by atoms with Crippen molar-refractivity contribution in [1.29, 1.82) is 0 Å². The first-order valence-electron chi connectivity index (χ1n) is 8.37. The van der Waals surface area contributed by atoms with Gasteiger partial charge in [-0.3, -0.25) is 9.59 Å². The molecule has 2 atom stereocenters. The fraction of sp³-hybridized carbons (Fsp3) is 0.556. The minimum absolute atomic E-state index is 0.0281. The van der Waals surface area contributed by atoms with Crippen molar-refractivity contribution in [3.8, 4) is 0 Å². The zero-order valence-electron chi connectivity index (χ0n) is 13.9. The number of carbonyl (C=O) groups excluding carboxylic acids is 2. The molecule has 1 fully saturated rings. The Morgan fingerprint density at radius 2 is 2.09 bits per heavy atom. The van der Waals surface area contributed by atoms with Crippen LogP contribution in [0.4, 0.5) is 5.69 Å². The maximum Gasteiger partial charge on any atom is 0.254 e. The van der Waals surface area contributed by atoms with Gasteiger partial charge >= 0.3 is 0 Å². The molecule has 0 radical (unpaired) electrons. The number of amides is 2. The lowest BCUT2D eigenvalue weighted by atomic mass is 10.1. The van der Waals surface area contributed by atoms with E-state index in [1.807, 2.05) is 0 Å². The number of rotatable bonds is 8. The molecule has 2 amide bonds. The van der Waals surface area contributed by atoms with Crippen molar-refractivity contribution in [2.24, 2.45) is 11.8 Å². The van der Waals surface area contributed by atoms with Crippen LogP contribution in [0, 0.1) is 11.8 Å². The van der Waals surface area contributed by atoms with Crippen LogP contribution in [0.1, 0.15) is 43.5 Å². The highest BCUT2D eigenvalue weighted by atomic mass is 16.3. The van der Waals surface area contributed by atoms with Crippen LogP contribution in [0.3, 0.4) is 0 Å². The normalized spacial score (nSPS) is 19.3. The maximum absolute atomic E-state index is 12.6. The molecule has 0 aromatic heterocycles. The number of benzene rings is 1. The molecule has 23 heavy (non-hydrogen) atoms. The van der Waals surface area contributed by atoms with Crippen LogP contribution < -0.4 is 5.32 Å². The molecule has 126 valence electrons. The van der Waals surface area contributed by atoms with Gasteiger partial charge in [0.25, 0.3) is 5.91 Å². The second-order valence-electron chi connectivity index (χ2n) is 6.26. The number of anilines is 1. The van der Waals surface area contributed by atoms with Gasteiger partial charge in [-0.25, -0.2) is 0 Å². The molecule has 0 aliphatic heterocycles. The van der Waals surface area contributed by atoms with Crippen molar-refractivity contribution in [3.05, 3.63) is 29.8 Å². The summed E-state index contributed by atoms with van der Waals surface area (Å²) >= 11 is 0. The monoisotopic (exact) mass is 318 g/mol. The van der Waals surface area contributed by atoms with Crippen LogP contribution in [-0.4, -0.2) is 41.5 Å². The third-order valence-electron chi connectivity index (χ3n) is 4.26. The highest BCUT2D eigenvalue weighted by Gasteiger charge is 2.39. The SMILES string of the molecule is CCCCN(CCO)C(=O)c1cccc(NC(=O)C2CC2C)c1. The molecular weight excluding hydrogens is 292 g/mol. The Balaban J connectivity index is 2.04. The molecule has 1 aliphatic rings. The molecule has 2 rings (SSSR count). The molecule has 0 spiro atoms. The van der Waals surface area contributed by atoms with Gasteiger partial charge in [0.05, 0.1) is 6.61 Å². The van der Waals surface area contributed by atoms with Crippen molar-refractivity contribution < 1.29 is 14.7 Å². The number of aliphatic hydroxyl groups excluding tert-OH is 1. The zero-order chi connectivity index (χ0) is 16.8. The predicted octanol–water partition coefficient (Wildman–Crippen LogP) is 2.52. The van der Waals surface area contributed by atoms with Gasteiger partial charge in [-0.2, -0.15) is 0 Å². The largest absolute Gasteiger partial charge is 0.395 e. The topological polar surface area (TPSA) is 69.6 Å². The highest BCUT2D eigenvalue weighted by molar-refractivity contribution is 5.98. The minimum Gasteiger partial charge on any atom is -0.395 e. The van der Waals surface area contributed by atoms with Gasteiger partial charge in [-0.05, 0) is 37.0 Å². The van der Waals surface area contributed by atoms with Crippen LogP contribution in [-0.2, 0) is 4.79 Å². The maximum atomic E-state index is 12.6. The van der Waals surface area contributed by atoms with Crippen LogP contribution >= 0.6 is 0 Å². The average Bonchev–Trinajstić information content (AvgIpc) is 3.28. The average molecular weight is 318 g/mol. The molecular formula is C18H26N2O3. The number of hydrogen-bond donors (Lipinski definition) is 2. The molecule has 0 heterocycles. The van der Waals surface area contributed by atoms with Gasteiger partial charge in [-0.1, -0.05) is 26.3 Å². The Bertz CT molecular complexity index is 559. The first-order valence-corrected chi connectivity index (χ1v) is 8.37. The van der Waals surface area contributed by atoms with Gasteiger partial charge in [0.15, 0.2) is 0 Å². The number of nitrogens with zero attached hydrogens (tertiary/aromatic N) is 1. The first-order chi connectivity index (χ1) is 11.1. The van der Waals surface area contributed by atoms with Gasteiger partial charge in [0.2, 0.25) is 5.91 Å². The summed E-state index contributed by atoms with van der Waals surface area (Å²) in [6, 6.07) is 7.03. The third-order valence-corrected chi connectivity index (χ3v) is 4.26. The quantitative estimate of drug-likeness (QED) is 0.774. The fourth-order valence-electron chi connectivity index (χ4n) is 2.62. The van der Waals surface area contributed by atoms with Crippen LogP contribution in [0.5, 0.6) is 0 Å². The second-order valence-corrected chi connectivity index (χ2v) is 6.26. The lowest BCUT2D eigenvalue weighted by Gasteiger charge is -2.22. The lowest BCUT2D eigenvalue weighted by Crippen LogP contribution is -2.34. The Morgan fingerprint density at radius 3 is 2.70 bits per heavy atom. The predicted molar refractivity (Wildman–Crippen MR) is 90.2 cm³/mol. The van der Waals surface area contributed by atoms with E-state index in [0.717, 1.165) is 19.3 Å². The van der Waals surface area contributed by atoms with E-state index in [0.29, 0.717) is 30.3 Å². The van der Waals surface area contributed by atoms with Gasteiger partial charge in [0, 0.05) is 30.3 Å². The van der Waals surface area contributed by atoms with E-state index >= 15 is 0 Å². The van der Waals surface area contributed by atoms with Gasteiger partial charge in [-0.15, -0.1) is 0 Å². The summed E-state index contributed by atoms with van der Waals surface area (Å²) in [4.78, 5) is 26.2. The Morgan fingerprint density at radius 1 is 1.35 bits per heavy atom. The van der Waals surface area contributed by atoms with Crippen molar-refractivity contribution >= 4 is 17.5 Å². The van der Waals surface area contributed by atoms with E-state index in [2.05, 4.69) is 19.2 Å². The molecule has 1 aliphatic carbocycles. The molecule has 5 nitrogen and oxygen atoms in total. The fourth-order valence-corrected chi connectivity index (χ4v) is 2.62. The number of aliphatic hydroxyl groups is 1. The number of hydrogen-bond acceptors (Lipinski definition) is 3. The summed E-state index contributed by atoms with van der Waals surface area (Å²) in [5.74, 6) is 0.474. The van der Waals surface area contributed by atoms with Gasteiger partial charge in [0.1, 0.15) is 0 Å². The molecule has 1 aromatic carbocycles. The summed E-state index contributed by atoms with van der Waals surface area (Å²) in [5, 5.41) is 12.0. The standard InChI is InChI=1S/C18H26N2O3/c1-3-4-8-20(9-10-21)18(23)14-6-5-7-15(12-14)19-17(22)16-11-13(16)2/h5-7,12-13,16,21H,3-4,8-11H2,1-2H3,(H,19,22). The summed E-state index contributed by atoms with van der Waals surface area (Å²) in [6.07, 6.45) is 2.83. The summed E-state index contributed by atoms with van der Waals surface area (Å²) in [7, 11) is 0. The number of nitrogens with one attached hydrogen (secondary N) is 1. The molecule has 1 saturated carbocycles. The Hall–Kier alpha value is -1.88. The van der Waals surface area contributed by atoms with Crippen molar-refractivity contribution in [2.45, 2.75) is 33.1 Å². The summed E-state index contributed by atoms with van der Waals surface area (Å²) in [5.41, 5.74) is 1.19. The zero-order valence-corrected chi connectivity index (χ0v) is 13.9. The Labute approximate surface area is 137 Å². The van der Waals surface area contributed by atoms with E-state index in [1.165, 1.54) is 0 Å². The van der Waals surface area contributed by atoms with E-state index in [1.54, 1.807) is 29.2 Å². The lowest BCUT2D eigenvalue weighted by molar-refractivity contribution is -0.117. The van der Waals surface area contributed by atoms with Crippen molar-refractivity contribution in [1.82, 2.24) is 4.90 Å².